The number of thiophene rings is 2. The van der Waals surface area contributed by atoms with E-state index in [9.17, 15) is 0 Å². The molecule has 0 aliphatic carbocycles. The highest BCUT2D eigenvalue weighted by Crippen LogP contribution is 2.48. The molecular weight excluding hydrogens is 515 g/mol. The third-order valence-corrected chi connectivity index (χ3v) is 10.2. The average molecular weight is 534 g/mol. The van der Waals surface area contributed by atoms with Gasteiger partial charge in [-0.15, -0.1) is 22.7 Å². The summed E-state index contributed by atoms with van der Waals surface area (Å²) in [6.45, 7) is 0. The fourth-order valence-corrected chi connectivity index (χ4v) is 8.68. The maximum Gasteiger partial charge on any atom is 0.235 e. The van der Waals surface area contributed by atoms with Crippen LogP contribution in [0.2, 0.25) is 0 Å². The van der Waals surface area contributed by atoms with Gasteiger partial charge >= 0.3 is 0 Å². The van der Waals surface area contributed by atoms with Crippen LogP contribution in [-0.2, 0) is 0 Å². The molecule has 3 nitrogen and oxygen atoms in total. The summed E-state index contributed by atoms with van der Waals surface area (Å²) in [6, 6.07) is 40.7. The van der Waals surface area contributed by atoms with Crippen LogP contribution in [0.15, 0.2) is 115 Å². The highest BCUT2D eigenvalue weighted by atomic mass is 32.1. The zero-order valence-corrected chi connectivity index (χ0v) is 22.3. The summed E-state index contributed by atoms with van der Waals surface area (Å²) >= 11 is 3.78. The second-order valence-corrected chi connectivity index (χ2v) is 11.9. The van der Waals surface area contributed by atoms with Crippen LogP contribution in [0, 0.1) is 0 Å². The van der Waals surface area contributed by atoms with Gasteiger partial charge in [-0.1, -0.05) is 97.1 Å². The smallest absolute Gasteiger partial charge is 0.235 e. The molecule has 0 atom stereocenters. The van der Waals surface area contributed by atoms with E-state index in [1.54, 1.807) is 0 Å². The minimum absolute atomic E-state index is 0.702. The van der Waals surface area contributed by atoms with Crippen molar-refractivity contribution in [3.05, 3.63) is 115 Å². The third-order valence-electron chi connectivity index (χ3n) is 7.63. The number of nitrogens with zero attached hydrogens (tertiary/aromatic N) is 3. The van der Waals surface area contributed by atoms with E-state index in [1.807, 2.05) is 28.7 Å². The van der Waals surface area contributed by atoms with Crippen LogP contribution < -0.4 is 0 Å². The molecule has 0 N–H and O–H groups in total. The first-order chi connectivity index (χ1) is 19.3. The van der Waals surface area contributed by atoms with E-state index in [0.717, 1.165) is 27.7 Å². The summed E-state index contributed by atoms with van der Waals surface area (Å²) in [5, 5.41) is 6.14. The van der Waals surface area contributed by atoms with Crippen molar-refractivity contribution < 1.29 is 0 Å². The molecule has 9 rings (SSSR count). The zero-order valence-electron chi connectivity index (χ0n) is 20.6. The molecule has 4 heterocycles. The third kappa shape index (κ3) is 2.97. The Morgan fingerprint density at radius 3 is 2.08 bits per heavy atom. The molecule has 0 saturated heterocycles. The topological polar surface area (TPSA) is 30.7 Å². The molecular formula is C34H19N3S2. The second kappa shape index (κ2) is 7.96. The van der Waals surface area contributed by atoms with Gasteiger partial charge in [0.1, 0.15) is 0 Å². The molecule has 0 aliphatic heterocycles. The lowest BCUT2D eigenvalue weighted by Gasteiger charge is -2.12. The second-order valence-electron chi connectivity index (χ2n) is 9.80. The van der Waals surface area contributed by atoms with Gasteiger partial charge in [0.25, 0.3) is 0 Å². The Balaban J connectivity index is 1.46. The van der Waals surface area contributed by atoms with E-state index >= 15 is 0 Å². The van der Waals surface area contributed by atoms with Crippen molar-refractivity contribution in [2.24, 2.45) is 0 Å². The molecule has 5 aromatic carbocycles. The Kier molecular flexibility index (Phi) is 4.36. The molecule has 0 spiro atoms. The van der Waals surface area contributed by atoms with Gasteiger partial charge in [0.15, 0.2) is 0 Å². The first kappa shape index (κ1) is 21.4. The monoisotopic (exact) mass is 533 g/mol. The number of fused-ring (bicyclic) bond motifs is 10. The minimum atomic E-state index is 0.702. The Hall–Kier alpha value is -4.58. The molecule has 0 fully saturated rings. The molecule has 0 bridgehead atoms. The zero-order chi connectivity index (χ0) is 25.5. The molecule has 0 saturated carbocycles. The Morgan fingerprint density at radius 2 is 1.18 bits per heavy atom. The number of benzene rings is 5. The molecule has 5 heteroatoms. The predicted molar refractivity (Wildman–Crippen MR) is 168 cm³/mol. The molecule has 0 aliphatic rings. The summed E-state index contributed by atoms with van der Waals surface area (Å²) in [4.78, 5) is 10.4. The van der Waals surface area contributed by atoms with Crippen molar-refractivity contribution in [1.29, 1.82) is 0 Å². The van der Waals surface area contributed by atoms with Gasteiger partial charge in [0.2, 0.25) is 5.95 Å². The number of para-hydroxylation sites is 2. The summed E-state index contributed by atoms with van der Waals surface area (Å²) < 4.78 is 7.63. The van der Waals surface area contributed by atoms with Crippen LogP contribution >= 0.6 is 22.7 Å². The van der Waals surface area contributed by atoms with Crippen molar-refractivity contribution >= 4 is 85.0 Å². The Labute approximate surface area is 231 Å². The largest absolute Gasteiger partial charge is 0.276 e. The average Bonchev–Trinajstić information content (AvgIpc) is 3.65. The highest BCUT2D eigenvalue weighted by molar-refractivity contribution is 7.37. The standard InChI is InChI=1S/C34H19N3S2/c1-2-10-20(11-3-1)29-23-13-4-7-15-26(23)35-34(36-29)37-27-16-8-5-12-21(27)22-18-19-25-31(30(22)37)39-32-24-14-6-9-17-28(24)38-33(25)32/h1-19H. The van der Waals surface area contributed by atoms with Gasteiger partial charge in [0, 0.05) is 37.2 Å². The highest BCUT2D eigenvalue weighted by Gasteiger charge is 2.21. The van der Waals surface area contributed by atoms with Crippen molar-refractivity contribution in [2.45, 2.75) is 0 Å². The maximum atomic E-state index is 5.27. The van der Waals surface area contributed by atoms with Crippen LogP contribution in [0.25, 0.3) is 79.5 Å². The van der Waals surface area contributed by atoms with E-state index in [2.05, 4.69) is 114 Å². The van der Waals surface area contributed by atoms with Gasteiger partial charge in [-0.05, 0) is 18.2 Å². The van der Waals surface area contributed by atoms with Crippen LogP contribution in [-0.4, -0.2) is 14.5 Å². The summed E-state index contributed by atoms with van der Waals surface area (Å²) in [5.41, 5.74) is 5.29. The van der Waals surface area contributed by atoms with Crippen molar-refractivity contribution in [2.75, 3.05) is 0 Å². The normalized spacial score (nSPS) is 12.1. The lowest BCUT2D eigenvalue weighted by atomic mass is 10.1. The molecule has 0 amide bonds. The van der Waals surface area contributed by atoms with Gasteiger partial charge in [-0.3, -0.25) is 4.57 Å². The van der Waals surface area contributed by atoms with Gasteiger partial charge in [-0.2, -0.15) is 0 Å². The number of rotatable bonds is 2. The number of hydrogen-bond acceptors (Lipinski definition) is 4. The minimum Gasteiger partial charge on any atom is -0.276 e. The lowest BCUT2D eigenvalue weighted by molar-refractivity contribution is 1.02. The molecule has 0 unspecified atom stereocenters. The van der Waals surface area contributed by atoms with Gasteiger partial charge in [-0.25, -0.2) is 9.97 Å². The van der Waals surface area contributed by atoms with Crippen molar-refractivity contribution in [1.82, 2.24) is 14.5 Å². The summed E-state index contributed by atoms with van der Waals surface area (Å²) in [7, 11) is 0. The molecule has 4 aromatic heterocycles. The van der Waals surface area contributed by atoms with E-state index in [-0.39, 0.29) is 0 Å². The summed E-state index contributed by atoms with van der Waals surface area (Å²) in [5.74, 6) is 0.702. The number of hydrogen-bond donors (Lipinski definition) is 0. The predicted octanol–water partition coefficient (Wildman–Crippen LogP) is 9.98. The Bertz CT molecular complexity index is 2390. The van der Waals surface area contributed by atoms with Gasteiger partial charge in [0.05, 0.1) is 36.3 Å². The maximum absolute atomic E-state index is 5.27. The van der Waals surface area contributed by atoms with Crippen LogP contribution in [0.4, 0.5) is 0 Å². The van der Waals surface area contributed by atoms with Crippen LogP contribution in [0.1, 0.15) is 0 Å². The van der Waals surface area contributed by atoms with E-state index in [4.69, 9.17) is 9.97 Å². The number of aromatic nitrogens is 3. The van der Waals surface area contributed by atoms with Crippen LogP contribution in [0.3, 0.4) is 0 Å². The van der Waals surface area contributed by atoms with E-state index in [1.165, 1.54) is 45.9 Å². The van der Waals surface area contributed by atoms with Crippen molar-refractivity contribution in [3.63, 3.8) is 0 Å². The molecule has 0 radical (unpaired) electrons. The van der Waals surface area contributed by atoms with Crippen LogP contribution in [0.5, 0.6) is 0 Å². The van der Waals surface area contributed by atoms with E-state index < -0.39 is 0 Å². The lowest BCUT2D eigenvalue weighted by Crippen LogP contribution is -2.03. The Morgan fingerprint density at radius 1 is 0.487 bits per heavy atom. The quantitative estimate of drug-likeness (QED) is 0.221. The first-order valence-electron chi connectivity index (χ1n) is 12.9. The molecule has 182 valence electrons. The van der Waals surface area contributed by atoms with Crippen molar-refractivity contribution in [3.8, 4) is 17.2 Å². The van der Waals surface area contributed by atoms with Gasteiger partial charge < -0.3 is 0 Å². The SMILES string of the molecule is c1ccc(-c2nc(-n3c4ccccc4c4ccc5c6sc7ccccc7c6sc5c43)nc3ccccc23)cc1. The molecule has 9 aromatic rings. The molecule has 39 heavy (non-hydrogen) atoms. The first-order valence-corrected chi connectivity index (χ1v) is 14.6. The van der Waals surface area contributed by atoms with E-state index in [0.29, 0.717) is 5.95 Å². The fraction of sp³-hybridized carbons (Fsp3) is 0. The fourth-order valence-electron chi connectivity index (χ4n) is 5.90. The summed E-state index contributed by atoms with van der Waals surface area (Å²) in [6.07, 6.45) is 0.